The predicted octanol–water partition coefficient (Wildman–Crippen LogP) is 1.76. The zero-order valence-electron chi connectivity index (χ0n) is 10.3. The van der Waals surface area contributed by atoms with Crippen LogP contribution in [0, 0.1) is 10.1 Å². The maximum atomic E-state index is 11.1. The number of nitro benzene ring substituents is 1. The van der Waals surface area contributed by atoms with Gasteiger partial charge in [-0.05, 0) is 16.4 Å². The third kappa shape index (κ3) is 2.77. The van der Waals surface area contributed by atoms with E-state index in [-0.39, 0.29) is 40.6 Å². The van der Waals surface area contributed by atoms with Crippen molar-refractivity contribution in [2.75, 3.05) is 18.5 Å². The molecule has 0 radical (unpaired) electrons. The molecule has 9 nitrogen and oxygen atoms in total. The van der Waals surface area contributed by atoms with Crippen LogP contribution in [0.5, 0.6) is 0 Å². The molecule has 106 valence electrons. The summed E-state index contributed by atoms with van der Waals surface area (Å²) in [5, 5.41) is 21.0. The predicted molar refractivity (Wildman–Crippen MR) is 68.6 cm³/mol. The number of esters is 1. The molecular formula is C10H9ClN4O5. The summed E-state index contributed by atoms with van der Waals surface area (Å²) in [5.41, 5.74) is -0.0785. The third-order valence-corrected chi connectivity index (χ3v) is 2.66. The van der Waals surface area contributed by atoms with Crippen LogP contribution in [-0.4, -0.2) is 34.4 Å². The number of carbonyl (C=O) groups excluding carboxylic acids is 1. The molecule has 0 aliphatic heterocycles. The van der Waals surface area contributed by atoms with E-state index in [1.54, 1.807) is 0 Å². The van der Waals surface area contributed by atoms with Crippen LogP contribution in [0.15, 0.2) is 10.7 Å². The molecule has 20 heavy (non-hydrogen) atoms. The summed E-state index contributed by atoms with van der Waals surface area (Å²) in [6, 6.07) is 1.35. The van der Waals surface area contributed by atoms with Gasteiger partial charge in [0.1, 0.15) is 12.3 Å². The lowest BCUT2D eigenvalue weighted by Crippen LogP contribution is -2.12. The summed E-state index contributed by atoms with van der Waals surface area (Å²) in [6.45, 7) is 1.53. The van der Waals surface area contributed by atoms with Gasteiger partial charge in [-0.2, -0.15) is 0 Å². The molecule has 1 N–H and O–H groups in total. The fraction of sp³-hybridized carbons (Fsp3) is 0.300. The number of hydrogen-bond donors (Lipinski definition) is 1. The van der Waals surface area contributed by atoms with Crippen LogP contribution in [0.1, 0.15) is 6.92 Å². The number of nitrogens with zero attached hydrogens (tertiary/aromatic N) is 3. The monoisotopic (exact) mass is 300 g/mol. The number of nitro groups is 1. The van der Waals surface area contributed by atoms with Crippen molar-refractivity contribution >= 4 is 40.0 Å². The Bertz CT molecular complexity index is 671. The van der Waals surface area contributed by atoms with E-state index in [0.717, 1.165) is 0 Å². The smallest absolute Gasteiger partial charge is 0.323 e. The van der Waals surface area contributed by atoms with Crippen molar-refractivity contribution in [1.29, 1.82) is 0 Å². The van der Waals surface area contributed by atoms with Crippen LogP contribution < -0.4 is 5.32 Å². The molecule has 1 aromatic heterocycles. The Morgan fingerprint density at radius 1 is 1.55 bits per heavy atom. The molecule has 10 heteroatoms. The van der Waals surface area contributed by atoms with Crippen LogP contribution in [0.3, 0.4) is 0 Å². The first-order valence-electron chi connectivity index (χ1n) is 5.47. The van der Waals surface area contributed by atoms with Gasteiger partial charge in [0.25, 0.3) is 0 Å². The van der Waals surface area contributed by atoms with Gasteiger partial charge in [-0.15, -0.1) is 0 Å². The van der Waals surface area contributed by atoms with E-state index < -0.39 is 10.9 Å². The van der Waals surface area contributed by atoms with E-state index in [0.29, 0.717) is 0 Å². The molecule has 0 unspecified atom stereocenters. The van der Waals surface area contributed by atoms with Crippen molar-refractivity contribution < 1.29 is 19.1 Å². The van der Waals surface area contributed by atoms with Crippen LogP contribution in [0.4, 0.5) is 11.4 Å². The lowest BCUT2D eigenvalue weighted by atomic mass is 10.2. The summed E-state index contributed by atoms with van der Waals surface area (Å²) in [7, 11) is 0. The second-order valence-corrected chi connectivity index (χ2v) is 4.15. The number of aromatic nitrogens is 2. The number of rotatable bonds is 5. The summed E-state index contributed by atoms with van der Waals surface area (Å²) < 4.78 is 9.18. The van der Waals surface area contributed by atoms with Gasteiger partial charge < -0.3 is 10.1 Å². The number of nitrogens with one attached hydrogen (secondary N) is 1. The van der Waals surface area contributed by atoms with E-state index in [9.17, 15) is 14.9 Å². The van der Waals surface area contributed by atoms with Crippen LogP contribution in [-0.2, 0) is 9.53 Å². The maximum absolute atomic E-state index is 11.1. The minimum atomic E-state index is -0.614. The van der Waals surface area contributed by atoms with E-state index in [2.05, 4.69) is 20.3 Å². The summed E-state index contributed by atoms with van der Waals surface area (Å²) in [6.07, 6.45) is 0. The average molecular weight is 301 g/mol. The Hall–Kier alpha value is -2.42. The zero-order chi connectivity index (χ0) is 14.7. The van der Waals surface area contributed by atoms with Crippen molar-refractivity contribution in [3.63, 3.8) is 0 Å². The van der Waals surface area contributed by atoms with Gasteiger partial charge >= 0.3 is 11.7 Å². The van der Waals surface area contributed by atoms with Crippen molar-refractivity contribution in [2.24, 2.45) is 0 Å². The van der Waals surface area contributed by atoms with Gasteiger partial charge in [0.15, 0.2) is 5.52 Å². The molecule has 0 saturated heterocycles. The topological polar surface area (TPSA) is 120 Å². The molecule has 2 aromatic rings. The number of carbonyl (C=O) groups is 1. The SMILES string of the molecule is CC(=O)OCCNc1cc(Cl)c2nonc2c1[N+](=O)[O-]. The summed E-state index contributed by atoms with van der Waals surface area (Å²) in [5.74, 6) is -0.435. The average Bonchev–Trinajstić information content (AvgIpc) is 2.83. The number of hydrogen-bond acceptors (Lipinski definition) is 8. The molecule has 0 atom stereocenters. The first kappa shape index (κ1) is 14.0. The summed E-state index contributed by atoms with van der Waals surface area (Å²) in [4.78, 5) is 21.1. The lowest BCUT2D eigenvalue weighted by Gasteiger charge is -2.07. The quantitative estimate of drug-likeness (QED) is 0.384. The van der Waals surface area contributed by atoms with Crippen molar-refractivity contribution in [3.05, 3.63) is 21.2 Å². The van der Waals surface area contributed by atoms with Crippen LogP contribution >= 0.6 is 11.6 Å². The highest BCUT2D eigenvalue weighted by Crippen LogP contribution is 2.36. The molecule has 0 spiro atoms. The fourth-order valence-electron chi connectivity index (χ4n) is 1.59. The van der Waals surface area contributed by atoms with Gasteiger partial charge in [0.05, 0.1) is 9.95 Å². The highest BCUT2D eigenvalue weighted by Gasteiger charge is 2.25. The Labute approximate surface area is 116 Å². The third-order valence-electron chi connectivity index (χ3n) is 2.37. The lowest BCUT2D eigenvalue weighted by molar-refractivity contribution is -0.382. The minimum Gasteiger partial charge on any atom is -0.464 e. The molecule has 1 heterocycles. The molecule has 1 aromatic carbocycles. The van der Waals surface area contributed by atoms with Crippen molar-refractivity contribution in [1.82, 2.24) is 10.3 Å². The van der Waals surface area contributed by atoms with Gasteiger partial charge in [-0.1, -0.05) is 11.6 Å². The van der Waals surface area contributed by atoms with E-state index >= 15 is 0 Å². The Morgan fingerprint density at radius 3 is 2.90 bits per heavy atom. The maximum Gasteiger partial charge on any atom is 0.323 e. The molecule has 0 bridgehead atoms. The first-order valence-corrected chi connectivity index (χ1v) is 5.85. The zero-order valence-corrected chi connectivity index (χ0v) is 11.0. The summed E-state index contributed by atoms with van der Waals surface area (Å²) >= 11 is 5.93. The highest BCUT2D eigenvalue weighted by molar-refractivity contribution is 6.35. The number of benzene rings is 1. The van der Waals surface area contributed by atoms with E-state index in [4.69, 9.17) is 16.3 Å². The number of anilines is 1. The Kier molecular flexibility index (Phi) is 3.99. The molecule has 0 amide bonds. The fourth-order valence-corrected chi connectivity index (χ4v) is 1.82. The van der Waals surface area contributed by atoms with E-state index in [1.165, 1.54) is 13.0 Å². The van der Waals surface area contributed by atoms with Crippen LogP contribution in [0.25, 0.3) is 11.0 Å². The molecule has 0 aliphatic carbocycles. The van der Waals surface area contributed by atoms with E-state index in [1.807, 2.05) is 0 Å². The van der Waals surface area contributed by atoms with Crippen molar-refractivity contribution in [2.45, 2.75) is 6.92 Å². The number of ether oxygens (including phenoxy) is 1. The van der Waals surface area contributed by atoms with Gasteiger partial charge in [-0.25, -0.2) is 4.63 Å². The minimum absolute atomic E-state index is 0.0440. The molecule has 2 rings (SSSR count). The second kappa shape index (κ2) is 5.70. The van der Waals surface area contributed by atoms with Gasteiger partial charge in [-0.3, -0.25) is 14.9 Å². The standard InChI is InChI=1S/C10H9ClN4O5/c1-5(16)19-3-2-12-7-4-6(11)8-9(14-20-13-8)10(7)15(17)18/h4,12H,2-3H2,1H3. The van der Waals surface area contributed by atoms with Gasteiger partial charge in [0, 0.05) is 13.5 Å². The molecule has 0 aliphatic rings. The Balaban J connectivity index is 2.29. The second-order valence-electron chi connectivity index (χ2n) is 3.74. The normalized spacial score (nSPS) is 10.5. The Morgan fingerprint density at radius 2 is 2.25 bits per heavy atom. The van der Waals surface area contributed by atoms with Gasteiger partial charge in [0.2, 0.25) is 5.52 Å². The molecular weight excluding hydrogens is 292 g/mol. The largest absolute Gasteiger partial charge is 0.464 e. The highest BCUT2D eigenvalue weighted by atomic mass is 35.5. The first-order chi connectivity index (χ1) is 9.50. The number of fused-ring (bicyclic) bond motifs is 1. The molecule has 0 saturated carbocycles. The van der Waals surface area contributed by atoms with Crippen LogP contribution in [0.2, 0.25) is 5.02 Å². The molecule has 0 fully saturated rings. The number of halogens is 1. The van der Waals surface area contributed by atoms with Crippen molar-refractivity contribution in [3.8, 4) is 0 Å².